The van der Waals surface area contributed by atoms with Crippen molar-refractivity contribution in [1.29, 1.82) is 0 Å². The van der Waals surface area contributed by atoms with Gasteiger partial charge in [-0.05, 0) is 23.8 Å². The number of hydrogen-bond acceptors (Lipinski definition) is 2. The highest BCUT2D eigenvalue weighted by molar-refractivity contribution is 9.11. The lowest BCUT2D eigenvalue weighted by molar-refractivity contribution is -0.140. The van der Waals surface area contributed by atoms with Crippen LogP contribution in [0.2, 0.25) is 0 Å². The van der Waals surface area contributed by atoms with E-state index in [9.17, 15) is 4.79 Å². The number of methoxy groups -OCH3 is 1. The number of halogens is 3. The van der Waals surface area contributed by atoms with E-state index in [2.05, 4.69) is 36.6 Å². The molecule has 82 valence electrons. The Labute approximate surface area is 110 Å². The predicted octanol–water partition coefficient (Wildman–Crippen LogP) is 3.53. The molecule has 2 nitrogen and oxygen atoms in total. The first-order chi connectivity index (χ1) is 7.04. The molecule has 15 heavy (non-hydrogen) atoms. The summed E-state index contributed by atoms with van der Waals surface area (Å²) >= 11 is 12.6. The van der Waals surface area contributed by atoms with E-state index in [1.54, 1.807) is 0 Å². The van der Waals surface area contributed by atoms with Crippen LogP contribution in [-0.4, -0.2) is 18.5 Å². The van der Waals surface area contributed by atoms with Crippen molar-refractivity contribution in [3.05, 3.63) is 32.7 Å². The van der Waals surface area contributed by atoms with Gasteiger partial charge in [-0.25, -0.2) is 0 Å². The van der Waals surface area contributed by atoms with Gasteiger partial charge in [-0.3, -0.25) is 4.79 Å². The third kappa shape index (κ3) is 3.78. The molecule has 1 aromatic rings. The Hall–Kier alpha value is -0.0600. The minimum atomic E-state index is -0.652. The number of carbonyl (C=O) groups is 1. The van der Waals surface area contributed by atoms with Crippen molar-refractivity contribution in [2.24, 2.45) is 0 Å². The van der Waals surface area contributed by atoms with Crippen molar-refractivity contribution in [3.63, 3.8) is 0 Å². The first-order valence-corrected chi connectivity index (χ1v) is 6.22. The summed E-state index contributed by atoms with van der Waals surface area (Å²) < 4.78 is 6.44. The van der Waals surface area contributed by atoms with Crippen molar-refractivity contribution in [2.45, 2.75) is 11.8 Å². The fraction of sp³-hybridized carbons (Fsp3) is 0.300. The van der Waals surface area contributed by atoms with Gasteiger partial charge in [0.05, 0.1) is 7.11 Å². The number of ether oxygens (including phenoxy) is 1. The molecule has 0 amide bonds. The summed E-state index contributed by atoms with van der Waals surface area (Å²) in [7, 11) is 1.33. The van der Waals surface area contributed by atoms with Crippen LogP contribution >= 0.6 is 43.5 Å². The highest BCUT2D eigenvalue weighted by atomic mass is 79.9. The lowest BCUT2D eigenvalue weighted by Gasteiger charge is -2.09. The van der Waals surface area contributed by atoms with Gasteiger partial charge in [0, 0.05) is 15.4 Å². The maximum absolute atomic E-state index is 11.1. The van der Waals surface area contributed by atoms with Crippen LogP contribution < -0.4 is 0 Å². The van der Waals surface area contributed by atoms with Crippen molar-refractivity contribution in [2.75, 3.05) is 7.11 Å². The maximum Gasteiger partial charge on any atom is 0.324 e. The van der Waals surface area contributed by atoms with Gasteiger partial charge < -0.3 is 4.74 Å². The van der Waals surface area contributed by atoms with Crippen LogP contribution in [0.15, 0.2) is 27.1 Å². The maximum atomic E-state index is 11.1. The molecular weight excluding hydrogens is 347 g/mol. The van der Waals surface area contributed by atoms with E-state index in [4.69, 9.17) is 11.6 Å². The van der Waals surface area contributed by atoms with E-state index in [0.29, 0.717) is 6.42 Å². The van der Waals surface area contributed by atoms with E-state index >= 15 is 0 Å². The van der Waals surface area contributed by atoms with Gasteiger partial charge >= 0.3 is 5.97 Å². The zero-order chi connectivity index (χ0) is 11.4. The summed E-state index contributed by atoms with van der Waals surface area (Å²) in [6, 6.07) is 5.73. The molecule has 0 radical (unpaired) electrons. The van der Waals surface area contributed by atoms with Crippen LogP contribution in [0.25, 0.3) is 0 Å². The third-order valence-electron chi connectivity index (χ3n) is 1.86. The third-order valence-corrected chi connectivity index (χ3v) is 3.46. The molecule has 0 aliphatic rings. The minimum Gasteiger partial charge on any atom is -0.468 e. The second-order valence-corrected chi connectivity index (χ2v) is 5.23. The second kappa shape index (κ2) is 5.87. The summed E-state index contributed by atoms with van der Waals surface area (Å²) in [5.74, 6) is -0.413. The highest BCUT2D eigenvalue weighted by Gasteiger charge is 2.17. The zero-order valence-electron chi connectivity index (χ0n) is 7.97. The Balaban J connectivity index is 2.80. The van der Waals surface area contributed by atoms with Crippen molar-refractivity contribution in [3.8, 4) is 0 Å². The average Bonchev–Trinajstić information content (AvgIpc) is 2.22. The fourth-order valence-electron chi connectivity index (χ4n) is 1.10. The molecule has 1 atom stereocenters. The van der Waals surface area contributed by atoms with Crippen molar-refractivity contribution in [1.82, 2.24) is 0 Å². The predicted molar refractivity (Wildman–Crippen MR) is 67.2 cm³/mol. The van der Waals surface area contributed by atoms with E-state index in [0.717, 1.165) is 14.5 Å². The standard InChI is InChI=1S/C10H9Br2ClO2/c1-15-10(14)9(13)5-6-4-7(11)2-3-8(6)12/h2-4,9H,5H2,1H3. The van der Waals surface area contributed by atoms with Crippen LogP contribution in [0.3, 0.4) is 0 Å². The largest absolute Gasteiger partial charge is 0.468 e. The number of hydrogen-bond donors (Lipinski definition) is 0. The number of alkyl halides is 1. The van der Waals surface area contributed by atoms with Gasteiger partial charge in [-0.2, -0.15) is 0 Å². The first-order valence-electron chi connectivity index (χ1n) is 4.20. The van der Waals surface area contributed by atoms with Crippen LogP contribution in [0.5, 0.6) is 0 Å². The number of carbonyl (C=O) groups excluding carboxylic acids is 1. The van der Waals surface area contributed by atoms with E-state index in [1.165, 1.54) is 7.11 Å². The number of esters is 1. The Morgan fingerprint density at radius 3 is 2.80 bits per heavy atom. The van der Waals surface area contributed by atoms with Crippen molar-refractivity contribution < 1.29 is 9.53 Å². The molecule has 1 rings (SSSR count). The Morgan fingerprint density at radius 2 is 2.20 bits per heavy atom. The summed E-state index contributed by atoms with van der Waals surface area (Å²) in [6.45, 7) is 0. The molecule has 0 saturated heterocycles. The molecule has 0 fully saturated rings. The van der Waals surface area contributed by atoms with E-state index in [-0.39, 0.29) is 0 Å². The normalized spacial score (nSPS) is 12.3. The van der Waals surface area contributed by atoms with Gasteiger partial charge in [-0.15, -0.1) is 11.6 Å². The van der Waals surface area contributed by atoms with Crippen LogP contribution in [0.4, 0.5) is 0 Å². The molecule has 5 heteroatoms. The summed E-state index contributed by atoms with van der Waals surface area (Å²) in [5.41, 5.74) is 0.967. The molecule has 0 saturated carbocycles. The van der Waals surface area contributed by atoms with E-state index in [1.807, 2.05) is 18.2 Å². The van der Waals surface area contributed by atoms with E-state index < -0.39 is 11.3 Å². The molecule has 0 aromatic heterocycles. The monoisotopic (exact) mass is 354 g/mol. The Bertz CT molecular complexity index is 368. The smallest absolute Gasteiger partial charge is 0.324 e. The van der Waals surface area contributed by atoms with Crippen LogP contribution in [-0.2, 0) is 16.0 Å². The molecule has 0 aliphatic heterocycles. The minimum absolute atomic E-state index is 0.413. The summed E-state index contributed by atoms with van der Waals surface area (Å²) in [5, 5.41) is -0.652. The quantitative estimate of drug-likeness (QED) is 0.612. The zero-order valence-corrected chi connectivity index (χ0v) is 11.9. The summed E-state index contributed by atoms with van der Waals surface area (Å²) in [4.78, 5) is 11.1. The Kier molecular flexibility index (Phi) is 5.09. The van der Waals surface area contributed by atoms with Crippen LogP contribution in [0, 0.1) is 0 Å². The molecule has 1 aromatic carbocycles. The highest BCUT2D eigenvalue weighted by Crippen LogP contribution is 2.24. The lowest BCUT2D eigenvalue weighted by atomic mass is 10.1. The molecular formula is C10H9Br2ClO2. The molecule has 1 unspecified atom stereocenters. The second-order valence-electron chi connectivity index (χ2n) is 2.93. The van der Waals surface area contributed by atoms with Gasteiger partial charge in [0.15, 0.2) is 0 Å². The lowest BCUT2D eigenvalue weighted by Crippen LogP contribution is -2.18. The fourth-order valence-corrected chi connectivity index (χ4v) is 2.18. The van der Waals surface area contributed by atoms with Gasteiger partial charge in [0.25, 0.3) is 0 Å². The topological polar surface area (TPSA) is 26.3 Å². The molecule has 0 N–H and O–H groups in total. The van der Waals surface area contributed by atoms with Crippen molar-refractivity contribution >= 4 is 49.4 Å². The SMILES string of the molecule is COC(=O)C(Cl)Cc1cc(Br)ccc1Br. The summed E-state index contributed by atoms with van der Waals surface area (Å²) in [6.07, 6.45) is 0.439. The molecule has 0 heterocycles. The van der Waals surface area contributed by atoms with Gasteiger partial charge in [0.2, 0.25) is 0 Å². The van der Waals surface area contributed by atoms with Crippen LogP contribution in [0.1, 0.15) is 5.56 Å². The van der Waals surface area contributed by atoms with Gasteiger partial charge in [0.1, 0.15) is 5.38 Å². The number of benzene rings is 1. The molecule has 0 aliphatic carbocycles. The number of rotatable bonds is 3. The average molecular weight is 356 g/mol. The molecule has 0 bridgehead atoms. The van der Waals surface area contributed by atoms with Gasteiger partial charge in [-0.1, -0.05) is 31.9 Å². The molecule has 0 spiro atoms. The Morgan fingerprint density at radius 1 is 1.53 bits per heavy atom. The first kappa shape index (κ1) is 13.0.